The Kier molecular flexibility index (Phi) is 2.59. The van der Waals surface area contributed by atoms with E-state index in [1.807, 2.05) is 12.1 Å². The van der Waals surface area contributed by atoms with Crippen molar-refractivity contribution in [2.24, 2.45) is 0 Å². The van der Waals surface area contributed by atoms with E-state index in [1.54, 1.807) is 6.07 Å². The predicted molar refractivity (Wildman–Crippen MR) is 59.3 cm³/mol. The second-order valence-corrected chi connectivity index (χ2v) is 3.16. The van der Waals surface area contributed by atoms with E-state index in [4.69, 9.17) is 9.84 Å². The normalized spacial score (nSPS) is 11.1. The lowest BCUT2D eigenvalue weighted by atomic mass is 10.2. The van der Waals surface area contributed by atoms with E-state index in [9.17, 15) is 4.79 Å². The van der Waals surface area contributed by atoms with Crippen molar-refractivity contribution >= 4 is 23.1 Å². The molecule has 0 saturated heterocycles. The number of nitrogens with zero attached hydrogens (tertiary/aromatic N) is 1. The van der Waals surface area contributed by atoms with Gasteiger partial charge in [0.25, 0.3) is 6.01 Å². The van der Waals surface area contributed by atoms with Gasteiger partial charge in [0.1, 0.15) is 0 Å². The first-order valence-corrected chi connectivity index (χ1v) is 4.64. The fourth-order valence-electron chi connectivity index (χ4n) is 1.42. The van der Waals surface area contributed by atoms with Crippen molar-refractivity contribution in [2.45, 2.75) is 0 Å². The maximum absolute atomic E-state index is 10.4. The van der Waals surface area contributed by atoms with Crippen LogP contribution in [0.15, 0.2) is 24.3 Å². The van der Waals surface area contributed by atoms with Crippen LogP contribution in [0.25, 0.3) is 17.1 Å². The number of hydrogen-bond acceptors (Lipinski definition) is 3. The van der Waals surface area contributed by atoms with Gasteiger partial charge in [0.15, 0.2) is 0 Å². The quantitative estimate of drug-likeness (QED) is 0.768. The van der Waals surface area contributed by atoms with Crippen LogP contribution in [0.5, 0.6) is 6.01 Å². The number of carboxylic acid groups (broad SMARTS) is 1. The fraction of sp³-hybridized carbons (Fsp3) is 0.0909. The smallest absolute Gasteiger partial charge is 0.328 e. The van der Waals surface area contributed by atoms with Crippen LogP contribution in [0.4, 0.5) is 0 Å². The predicted octanol–water partition coefficient (Wildman–Crippen LogP) is 1.67. The number of ether oxygens (including phenoxy) is 1. The molecule has 0 fully saturated rings. The summed E-state index contributed by atoms with van der Waals surface area (Å²) in [5.41, 5.74) is 2.24. The summed E-state index contributed by atoms with van der Waals surface area (Å²) in [6, 6.07) is 5.87. The lowest BCUT2D eigenvalue weighted by Crippen LogP contribution is -1.86. The molecule has 0 spiro atoms. The zero-order valence-electron chi connectivity index (χ0n) is 8.60. The number of hydrogen-bond donors (Lipinski definition) is 2. The van der Waals surface area contributed by atoms with Crippen LogP contribution in [0, 0.1) is 0 Å². The summed E-state index contributed by atoms with van der Waals surface area (Å²) >= 11 is 0. The number of carboxylic acids is 1. The topological polar surface area (TPSA) is 75.2 Å². The van der Waals surface area contributed by atoms with E-state index < -0.39 is 5.97 Å². The number of methoxy groups -OCH3 is 1. The molecule has 1 heterocycles. The molecule has 1 aromatic heterocycles. The van der Waals surface area contributed by atoms with Crippen LogP contribution in [-0.2, 0) is 4.79 Å². The van der Waals surface area contributed by atoms with Gasteiger partial charge in [-0.2, -0.15) is 4.98 Å². The number of benzene rings is 1. The first-order valence-electron chi connectivity index (χ1n) is 4.64. The SMILES string of the molecule is COc1nc2c(/C=C/C(=O)O)cccc2[nH]1. The highest BCUT2D eigenvalue weighted by molar-refractivity contribution is 5.91. The van der Waals surface area contributed by atoms with Gasteiger partial charge in [-0.05, 0) is 12.1 Å². The lowest BCUT2D eigenvalue weighted by molar-refractivity contribution is -0.131. The zero-order chi connectivity index (χ0) is 11.5. The van der Waals surface area contributed by atoms with E-state index >= 15 is 0 Å². The largest absolute Gasteiger partial charge is 0.478 e. The summed E-state index contributed by atoms with van der Waals surface area (Å²) in [6.07, 6.45) is 2.58. The minimum Gasteiger partial charge on any atom is -0.478 e. The summed E-state index contributed by atoms with van der Waals surface area (Å²) < 4.78 is 4.97. The summed E-state index contributed by atoms with van der Waals surface area (Å²) in [6.45, 7) is 0. The van der Waals surface area contributed by atoms with Crippen molar-refractivity contribution in [3.8, 4) is 6.01 Å². The molecule has 5 heteroatoms. The van der Waals surface area contributed by atoms with E-state index in [2.05, 4.69) is 9.97 Å². The average molecular weight is 218 g/mol. The third kappa shape index (κ3) is 1.88. The molecule has 2 aromatic rings. The molecule has 1 aromatic carbocycles. The van der Waals surface area contributed by atoms with Crippen molar-refractivity contribution < 1.29 is 14.6 Å². The monoisotopic (exact) mass is 218 g/mol. The number of aromatic nitrogens is 2. The molecule has 0 radical (unpaired) electrons. The molecule has 0 unspecified atom stereocenters. The highest BCUT2D eigenvalue weighted by Crippen LogP contribution is 2.20. The summed E-state index contributed by atoms with van der Waals surface area (Å²) in [7, 11) is 1.52. The van der Waals surface area contributed by atoms with Crippen molar-refractivity contribution in [1.29, 1.82) is 0 Å². The molecular weight excluding hydrogens is 208 g/mol. The van der Waals surface area contributed by atoms with Crippen molar-refractivity contribution in [2.75, 3.05) is 7.11 Å². The van der Waals surface area contributed by atoms with Crippen LogP contribution in [0.2, 0.25) is 0 Å². The summed E-state index contributed by atoms with van der Waals surface area (Å²) in [4.78, 5) is 17.6. The van der Waals surface area contributed by atoms with Crippen LogP contribution < -0.4 is 4.74 Å². The van der Waals surface area contributed by atoms with Gasteiger partial charge in [-0.15, -0.1) is 0 Å². The van der Waals surface area contributed by atoms with Crippen LogP contribution >= 0.6 is 0 Å². The molecule has 5 nitrogen and oxygen atoms in total. The number of rotatable bonds is 3. The summed E-state index contributed by atoms with van der Waals surface area (Å²) in [5, 5.41) is 8.56. The van der Waals surface area contributed by atoms with Gasteiger partial charge in [0.05, 0.1) is 18.1 Å². The molecule has 2 N–H and O–H groups in total. The molecule has 16 heavy (non-hydrogen) atoms. The minimum atomic E-state index is -0.987. The second kappa shape index (κ2) is 4.06. The van der Waals surface area contributed by atoms with E-state index in [-0.39, 0.29) is 0 Å². The van der Waals surface area contributed by atoms with Gasteiger partial charge in [-0.25, -0.2) is 4.79 Å². The molecule has 2 rings (SSSR count). The highest BCUT2D eigenvalue weighted by atomic mass is 16.5. The van der Waals surface area contributed by atoms with Gasteiger partial charge in [0, 0.05) is 11.6 Å². The van der Waals surface area contributed by atoms with Crippen LogP contribution in [0.1, 0.15) is 5.56 Å². The molecule has 82 valence electrons. The van der Waals surface area contributed by atoms with Gasteiger partial charge in [0.2, 0.25) is 0 Å². The number of nitrogens with one attached hydrogen (secondary N) is 1. The first-order chi connectivity index (χ1) is 7.70. The fourth-order valence-corrected chi connectivity index (χ4v) is 1.42. The minimum absolute atomic E-state index is 0.408. The second-order valence-electron chi connectivity index (χ2n) is 3.16. The van der Waals surface area contributed by atoms with Gasteiger partial charge >= 0.3 is 5.97 Å². The van der Waals surface area contributed by atoms with Crippen molar-refractivity contribution in [1.82, 2.24) is 9.97 Å². The Labute approximate surface area is 91.4 Å². The standard InChI is InChI=1S/C11H10N2O3/c1-16-11-12-8-4-2-3-7(10(8)13-11)5-6-9(14)15/h2-6H,1H3,(H,12,13)(H,14,15)/b6-5+. The third-order valence-electron chi connectivity index (χ3n) is 2.12. The maximum atomic E-state index is 10.4. The van der Waals surface area contributed by atoms with Crippen LogP contribution in [-0.4, -0.2) is 28.2 Å². The highest BCUT2D eigenvalue weighted by Gasteiger charge is 2.05. The molecule has 0 aliphatic rings. The molecule has 0 amide bonds. The maximum Gasteiger partial charge on any atom is 0.328 e. The van der Waals surface area contributed by atoms with E-state index in [0.29, 0.717) is 11.5 Å². The number of imidazole rings is 1. The van der Waals surface area contributed by atoms with E-state index in [1.165, 1.54) is 13.2 Å². The molecule has 0 saturated carbocycles. The van der Waals surface area contributed by atoms with Gasteiger partial charge in [-0.1, -0.05) is 12.1 Å². The molecule has 0 aliphatic heterocycles. The lowest BCUT2D eigenvalue weighted by Gasteiger charge is -1.93. The van der Waals surface area contributed by atoms with Gasteiger partial charge < -0.3 is 14.8 Å². The Balaban J connectivity index is 2.52. The number of carbonyl (C=O) groups is 1. The number of para-hydroxylation sites is 1. The van der Waals surface area contributed by atoms with Crippen molar-refractivity contribution in [3.05, 3.63) is 29.8 Å². The zero-order valence-corrected chi connectivity index (χ0v) is 8.60. The Hall–Kier alpha value is -2.30. The van der Waals surface area contributed by atoms with E-state index in [0.717, 1.165) is 17.2 Å². The Morgan fingerprint density at radius 1 is 1.56 bits per heavy atom. The third-order valence-corrected chi connectivity index (χ3v) is 2.12. The molecule has 0 bridgehead atoms. The Morgan fingerprint density at radius 2 is 2.38 bits per heavy atom. The summed E-state index contributed by atoms with van der Waals surface area (Å²) in [5.74, 6) is -0.987. The number of fused-ring (bicyclic) bond motifs is 1. The Bertz CT molecular complexity index is 557. The first kappa shape index (κ1) is 10.2. The van der Waals surface area contributed by atoms with Gasteiger partial charge in [-0.3, -0.25) is 0 Å². The van der Waals surface area contributed by atoms with Crippen LogP contribution in [0.3, 0.4) is 0 Å². The number of H-pyrrole nitrogens is 1. The number of aromatic amines is 1. The molecular formula is C11H10N2O3. The molecule has 0 aliphatic carbocycles. The Morgan fingerprint density at radius 3 is 3.06 bits per heavy atom. The average Bonchev–Trinajstić information content (AvgIpc) is 2.69. The molecule has 0 atom stereocenters. The van der Waals surface area contributed by atoms with Crippen molar-refractivity contribution in [3.63, 3.8) is 0 Å². The number of aliphatic carboxylic acids is 1.